The van der Waals surface area contributed by atoms with Crippen LogP contribution in [0.4, 0.5) is 10.3 Å². The molecule has 3 N–H and O–H groups in total. The van der Waals surface area contributed by atoms with Crippen LogP contribution in [0.15, 0.2) is 54.7 Å². The van der Waals surface area contributed by atoms with Crippen LogP contribution in [-0.2, 0) is 23.2 Å². The quantitative estimate of drug-likeness (QED) is 0.529. The van der Waals surface area contributed by atoms with Crippen molar-refractivity contribution < 1.29 is 28.9 Å². The van der Waals surface area contributed by atoms with Crippen LogP contribution in [-0.4, -0.2) is 38.3 Å². The third-order valence-electron chi connectivity index (χ3n) is 4.02. The van der Waals surface area contributed by atoms with Gasteiger partial charge >= 0.3 is 11.9 Å². The Morgan fingerprint density at radius 3 is 2.33 bits per heavy atom. The van der Waals surface area contributed by atoms with Gasteiger partial charge in [0.05, 0.1) is 18.5 Å². The number of carbonyl (C=O) groups is 2. The molecule has 158 valence electrons. The van der Waals surface area contributed by atoms with E-state index in [0.717, 1.165) is 28.5 Å². The Morgan fingerprint density at radius 2 is 1.73 bits per heavy atom. The number of ether oxygens (including phenoxy) is 1. The first kappa shape index (κ1) is 22.4. The number of carboxylic acids is 2. The first-order valence-corrected chi connectivity index (χ1v) is 9.02. The SMILES string of the molecule is CCOc1ccccc1CNc1ncc(-c2ccc(F)cc2)n1C.O=C(O)C(=O)O. The van der Waals surface area contributed by atoms with Crippen LogP contribution in [0.1, 0.15) is 12.5 Å². The Labute approximate surface area is 172 Å². The average molecular weight is 415 g/mol. The Bertz CT molecular complexity index is 990. The number of rotatable bonds is 6. The van der Waals surface area contributed by atoms with Gasteiger partial charge in [0.25, 0.3) is 0 Å². The van der Waals surface area contributed by atoms with Crippen molar-refractivity contribution in [3.63, 3.8) is 0 Å². The fourth-order valence-corrected chi connectivity index (χ4v) is 2.58. The fourth-order valence-electron chi connectivity index (χ4n) is 2.58. The van der Waals surface area contributed by atoms with Gasteiger partial charge in [-0.15, -0.1) is 0 Å². The van der Waals surface area contributed by atoms with E-state index in [2.05, 4.69) is 10.3 Å². The van der Waals surface area contributed by atoms with Gasteiger partial charge in [-0.2, -0.15) is 0 Å². The van der Waals surface area contributed by atoms with Crippen molar-refractivity contribution in [3.05, 3.63) is 66.1 Å². The van der Waals surface area contributed by atoms with Crippen molar-refractivity contribution in [2.24, 2.45) is 7.05 Å². The maximum atomic E-state index is 13.1. The monoisotopic (exact) mass is 415 g/mol. The van der Waals surface area contributed by atoms with E-state index in [1.165, 1.54) is 12.1 Å². The highest BCUT2D eigenvalue weighted by molar-refractivity contribution is 6.27. The number of hydrogen-bond acceptors (Lipinski definition) is 5. The predicted molar refractivity (Wildman–Crippen MR) is 109 cm³/mol. The van der Waals surface area contributed by atoms with Gasteiger partial charge in [-0.25, -0.2) is 19.0 Å². The first-order valence-electron chi connectivity index (χ1n) is 9.02. The molecular weight excluding hydrogens is 393 g/mol. The second kappa shape index (κ2) is 10.6. The molecule has 0 saturated carbocycles. The number of anilines is 1. The number of halogens is 1. The lowest BCUT2D eigenvalue weighted by molar-refractivity contribution is -0.159. The van der Waals surface area contributed by atoms with E-state index in [1.54, 1.807) is 18.3 Å². The summed E-state index contributed by atoms with van der Waals surface area (Å²) in [6.45, 7) is 3.22. The number of aromatic nitrogens is 2. The van der Waals surface area contributed by atoms with Crippen molar-refractivity contribution in [1.29, 1.82) is 0 Å². The number of para-hydroxylation sites is 1. The van der Waals surface area contributed by atoms with Crippen LogP contribution in [0, 0.1) is 5.82 Å². The zero-order valence-corrected chi connectivity index (χ0v) is 16.5. The second-order valence-corrected chi connectivity index (χ2v) is 6.04. The number of nitrogens with one attached hydrogen (secondary N) is 1. The van der Waals surface area contributed by atoms with Gasteiger partial charge in [0.15, 0.2) is 0 Å². The largest absolute Gasteiger partial charge is 0.494 e. The molecular formula is C21H22FN3O5. The minimum absolute atomic E-state index is 0.244. The minimum atomic E-state index is -1.82. The molecule has 0 aliphatic carbocycles. The molecule has 0 amide bonds. The van der Waals surface area contributed by atoms with Gasteiger partial charge in [0.1, 0.15) is 11.6 Å². The molecule has 3 aromatic rings. The topological polar surface area (TPSA) is 114 Å². The molecule has 0 aliphatic rings. The number of imidazole rings is 1. The first-order chi connectivity index (χ1) is 14.3. The highest BCUT2D eigenvalue weighted by atomic mass is 19.1. The summed E-state index contributed by atoms with van der Waals surface area (Å²) in [6, 6.07) is 14.3. The maximum Gasteiger partial charge on any atom is 0.414 e. The number of aliphatic carboxylic acids is 2. The average Bonchev–Trinajstić information content (AvgIpc) is 3.09. The maximum absolute atomic E-state index is 13.1. The molecule has 0 atom stereocenters. The number of nitrogens with zero attached hydrogens (tertiary/aromatic N) is 2. The summed E-state index contributed by atoms with van der Waals surface area (Å²) in [5.41, 5.74) is 2.93. The van der Waals surface area contributed by atoms with Gasteiger partial charge in [0, 0.05) is 24.7 Å². The van der Waals surface area contributed by atoms with Gasteiger partial charge in [-0.3, -0.25) is 0 Å². The molecule has 30 heavy (non-hydrogen) atoms. The Morgan fingerprint density at radius 1 is 1.10 bits per heavy atom. The molecule has 0 bridgehead atoms. The summed E-state index contributed by atoms with van der Waals surface area (Å²) in [5.74, 6) is -2.27. The molecule has 1 aromatic heterocycles. The standard InChI is InChI=1S/C19H20FN3O.C2H2O4/c1-3-24-18-7-5-4-6-15(18)12-21-19-22-13-17(23(19)2)14-8-10-16(20)11-9-14;3-1(4)2(5)6/h4-11,13H,3,12H2,1-2H3,(H,21,22);(H,3,4)(H,5,6). The number of carboxylic acid groups (broad SMARTS) is 2. The minimum Gasteiger partial charge on any atom is -0.494 e. The van der Waals surface area contributed by atoms with Gasteiger partial charge in [-0.05, 0) is 37.3 Å². The van der Waals surface area contributed by atoms with Crippen molar-refractivity contribution in [2.45, 2.75) is 13.5 Å². The third-order valence-corrected chi connectivity index (χ3v) is 4.02. The Hall–Kier alpha value is -3.88. The van der Waals surface area contributed by atoms with Crippen LogP contribution in [0.3, 0.4) is 0 Å². The van der Waals surface area contributed by atoms with E-state index in [0.29, 0.717) is 13.2 Å². The second-order valence-electron chi connectivity index (χ2n) is 6.04. The van der Waals surface area contributed by atoms with Crippen LogP contribution in [0.5, 0.6) is 5.75 Å². The molecule has 0 aliphatic heterocycles. The Kier molecular flexibility index (Phi) is 7.92. The van der Waals surface area contributed by atoms with E-state index >= 15 is 0 Å². The van der Waals surface area contributed by atoms with Crippen molar-refractivity contribution in [1.82, 2.24) is 9.55 Å². The van der Waals surface area contributed by atoms with Crippen molar-refractivity contribution in [2.75, 3.05) is 11.9 Å². The summed E-state index contributed by atoms with van der Waals surface area (Å²) in [7, 11) is 1.93. The molecule has 0 saturated heterocycles. The van der Waals surface area contributed by atoms with Crippen LogP contribution >= 0.6 is 0 Å². The lowest BCUT2D eigenvalue weighted by atomic mass is 10.2. The summed E-state index contributed by atoms with van der Waals surface area (Å²) < 4.78 is 20.7. The third kappa shape index (κ3) is 6.06. The molecule has 8 nitrogen and oxygen atoms in total. The van der Waals surface area contributed by atoms with E-state index in [9.17, 15) is 4.39 Å². The van der Waals surface area contributed by atoms with E-state index < -0.39 is 11.9 Å². The number of hydrogen-bond donors (Lipinski definition) is 3. The van der Waals surface area contributed by atoms with Gasteiger partial charge in [-0.1, -0.05) is 18.2 Å². The highest BCUT2D eigenvalue weighted by Crippen LogP contribution is 2.23. The molecule has 0 fully saturated rings. The van der Waals surface area contributed by atoms with E-state index in [-0.39, 0.29) is 5.82 Å². The Balaban J connectivity index is 0.000000469. The zero-order chi connectivity index (χ0) is 22.1. The molecule has 0 unspecified atom stereocenters. The van der Waals surface area contributed by atoms with Gasteiger partial charge < -0.3 is 24.8 Å². The molecule has 3 rings (SSSR count). The fraction of sp³-hybridized carbons (Fsp3) is 0.190. The van der Waals surface area contributed by atoms with Crippen LogP contribution < -0.4 is 10.1 Å². The van der Waals surface area contributed by atoms with Crippen LogP contribution in [0.25, 0.3) is 11.3 Å². The highest BCUT2D eigenvalue weighted by Gasteiger charge is 2.10. The van der Waals surface area contributed by atoms with E-state index in [4.69, 9.17) is 24.5 Å². The summed E-state index contributed by atoms with van der Waals surface area (Å²) in [4.78, 5) is 22.6. The van der Waals surface area contributed by atoms with Crippen molar-refractivity contribution in [3.8, 4) is 17.0 Å². The summed E-state index contributed by atoms with van der Waals surface area (Å²) in [5, 5.41) is 18.1. The molecule has 2 aromatic carbocycles. The van der Waals surface area contributed by atoms with E-state index in [1.807, 2.05) is 42.8 Å². The normalized spacial score (nSPS) is 9.97. The molecule has 9 heteroatoms. The smallest absolute Gasteiger partial charge is 0.414 e. The lowest BCUT2D eigenvalue weighted by Crippen LogP contribution is -2.09. The predicted octanol–water partition coefficient (Wildman–Crippen LogP) is 3.39. The lowest BCUT2D eigenvalue weighted by Gasteiger charge is -2.12. The zero-order valence-electron chi connectivity index (χ0n) is 16.5. The molecule has 1 heterocycles. The summed E-state index contributed by atoms with van der Waals surface area (Å²) in [6.07, 6.45) is 1.78. The summed E-state index contributed by atoms with van der Waals surface area (Å²) >= 11 is 0. The van der Waals surface area contributed by atoms with Crippen LogP contribution in [0.2, 0.25) is 0 Å². The molecule has 0 radical (unpaired) electrons. The van der Waals surface area contributed by atoms with Gasteiger partial charge in [0.2, 0.25) is 5.95 Å². The molecule has 0 spiro atoms. The number of benzene rings is 2. The van der Waals surface area contributed by atoms with Crippen molar-refractivity contribution >= 4 is 17.9 Å².